The van der Waals surface area contributed by atoms with E-state index < -0.39 is 0 Å². The Kier molecular flexibility index (Phi) is 4.72. The molecule has 1 aliphatic heterocycles. The molecular formula is C17H26ClN3. The number of hydrogen-bond donors (Lipinski definition) is 1. The summed E-state index contributed by atoms with van der Waals surface area (Å²) in [7, 11) is 0. The van der Waals surface area contributed by atoms with Crippen molar-refractivity contribution in [2.75, 3.05) is 31.1 Å². The van der Waals surface area contributed by atoms with Crippen molar-refractivity contribution in [2.45, 2.75) is 45.3 Å². The largest absolute Gasteiger partial charge is 0.369 e. The number of benzene rings is 1. The fourth-order valence-corrected chi connectivity index (χ4v) is 3.28. The van der Waals surface area contributed by atoms with Crippen LogP contribution in [0.4, 0.5) is 5.69 Å². The van der Waals surface area contributed by atoms with E-state index in [-0.39, 0.29) is 0 Å². The molecule has 0 amide bonds. The monoisotopic (exact) mass is 307 g/mol. The van der Waals surface area contributed by atoms with Gasteiger partial charge < -0.3 is 10.2 Å². The van der Waals surface area contributed by atoms with E-state index in [0.29, 0.717) is 6.04 Å². The molecule has 0 spiro atoms. The molecular weight excluding hydrogens is 282 g/mol. The van der Waals surface area contributed by atoms with Crippen LogP contribution in [0.2, 0.25) is 5.02 Å². The second-order valence-corrected chi connectivity index (χ2v) is 7.00. The number of anilines is 1. The van der Waals surface area contributed by atoms with Crippen LogP contribution in [0.1, 0.15) is 32.3 Å². The maximum absolute atomic E-state index is 6.19. The highest BCUT2D eigenvalue weighted by Gasteiger charge is 2.31. The third-order valence-corrected chi connectivity index (χ3v) is 4.70. The van der Waals surface area contributed by atoms with Gasteiger partial charge in [-0.2, -0.15) is 0 Å². The van der Waals surface area contributed by atoms with Crippen molar-refractivity contribution in [3.63, 3.8) is 0 Å². The molecule has 1 saturated carbocycles. The molecule has 1 saturated heterocycles. The second kappa shape index (κ2) is 6.55. The van der Waals surface area contributed by atoms with Crippen LogP contribution in [0.15, 0.2) is 18.2 Å². The minimum atomic E-state index is 0.489. The van der Waals surface area contributed by atoms with Gasteiger partial charge in [-0.25, -0.2) is 0 Å². The van der Waals surface area contributed by atoms with Crippen LogP contribution >= 0.6 is 11.6 Å². The van der Waals surface area contributed by atoms with Gasteiger partial charge in [0.05, 0.1) is 0 Å². The van der Waals surface area contributed by atoms with E-state index in [1.807, 2.05) is 6.07 Å². The highest BCUT2D eigenvalue weighted by atomic mass is 35.5. The molecule has 2 aliphatic rings. The van der Waals surface area contributed by atoms with E-state index in [9.17, 15) is 0 Å². The lowest BCUT2D eigenvalue weighted by Gasteiger charge is -2.37. The highest BCUT2D eigenvalue weighted by Crippen LogP contribution is 2.30. The quantitative estimate of drug-likeness (QED) is 0.901. The number of hydrogen-bond acceptors (Lipinski definition) is 3. The fourth-order valence-electron chi connectivity index (χ4n) is 3.09. The number of rotatable bonds is 5. The summed E-state index contributed by atoms with van der Waals surface area (Å²) in [6.45, 7) is 9.90. The summed E-state index contributed by atoms with van der Waals surface area (Å²) in [5.41, 5.74) is 2.67. The first-order chi connectivity index (χ1) is 10.1. The molecule has 4 heteroatoms. The molecule has 1 aliphatic carbocycles. The first-order valence-corrected chi connectivity index (χ1v) is 8.52. The zero-order valence-corrected chi connectivity index (χ0v) is 13.9. The van der Waals surface area contributed by atoms with Crippen LogP contribution < -0.4 is 10.2 Å². The van der Waals surface area contributed by atoms with E-state index >= 15 is 0 Å². The highest BCUT2D eigenvalue weighted by molar-refractivity contribution is 6.30. The molecule has 21 heavy (non-hydrogen) atoms. The minimum absolute atomic E-state index is 0.489. The Balaban J connectivity index is 1.68. The molecule has 0 unspecified atom stereocenters. The molecule has 1 aromatic carbocycles. The molecule has 1 aromatic rings. The SMILES string of the molecule is CC(C)NCc1cc(Cl)ccc1N1CCN(C2CC2)CC1. The summed E-state index contributed by atoms with van der Waals surface area (Å²) in [6.07, 6.45) is 2.81. The number of nitrogens with one attached hydrogen (secondary N) is 1. The van der Waals surface area contributed by atoms with Crippen molar-refractivity contribution in [2.24, 2.45) is 0 Å². The zero-order chi connectivity index (χ0) is 14.8. The van der Waals surface area contributed by atoms with Crippen molar-refractivity contribution >= 4 is 17.3 Å². The van der Waals surface area contributed by atoms with Gasteiger partial charge in [-0.3, -0.25) is 4.90 Å². The van der Waals surface area contributed by atoms with Crippen LogP contribution in [0.3, 0.4) is 0 Å². The van der Waals surface area contributed by atoms with Crippen LogP contribution in [-0.4, -0.2) is 43.2 Å². The predicted molar refractivity (Wildman–Crippen MR) is 90.2 cm³/mol. The van der Waals surface area contributed by atoms with Crippen molar-refractivity contribution in [3.05, 3.63) is 28.8 Å². The molecule has 3 rings (SSSR count). The Morgan fingerprint density at radius 1 is 1.19 bits per heavy atom. The Morgan fingerprint density at radius 2 is 1.90 bits per heavy atom. The van der Waals surface area contributed by atoms with Crippen LogP contribution in [-0.2, 0) is 6.54 Å². The molecule has 0 radical (unpaired) electrons. The van der Waals surface area contributed by atoms with Crippen LogP contribution in [0.5, 0.6) is 0 Å². The molecule has 1 heterocycles. The average molecular weight is 308 g/mol. The lowest BCUT2D eigenvalue weighted by atomic mass is 10.1. The van der Waals surface area contributed by atoms with E-state index in [1.165, 1.54) is 37.2 Å². The molecule has 2 fully saturated rings. The summed E-state index contributed by atoms with van der Waals surface area (Å²) in [4.78, 5) is 5.17. The Labute approximate surface area is 133 Å². The van der Waals surface area contributed by atoms with Crippen LogP contribution in [0.25, 0.3) is 0 Å². The first-order valence-electron chi connectivity index (χ1n) is 8.14. The summed E-state index contributed by atoms with van der Waals surface area (Å²) in [6, 6.07) is 7.69. The van der Waals surface area contributed by atoms with Crippen LogP contribution in [0, 0.1) is 0 Å². The van der Waals surface area contributed by atoms with Gasteiger partial charge >= 0.3 is 0 Å². The number of nitrogens with zero attached hydrogens (tertiary/aromatic N) is 2. The van der Waals surface area contributed by atoms with Gasteiger partial charge in [-0.05, 0) is 36.6 Å². The topological polar surface area (TPSA) is 18.5 Å². The molecule has 1 N–H and O–H groups in total. The second-order valence-electron chi connectivity index (χ2n) is 6.56. The number of piperazine rings is 1. The van der Waals surface area contributed by atoms with E-state index in [0.717, 1.165) is 30.7 Å². The van der Waals surface area contributed by atoms with Crippen molar-refractivity contribution < 1.29 is 0 Å². The maximum atomic E-state index is 6.19. The van der Waals surface area contributed by atoms with Crippen molar-refractivity contribution in [1.29, 1.82) is 0 Å². The van der Waals surface area contributed by atoms with E-state index in [4.69, 9.17) is 11.6 Å². The van der Waals surface area contributed by atoms with Gasteiger partial charge in [-0.15, -0.1) is 0 Å². The normalized spacial score (nSPS) is 20.3. The Morgan fingerprint density at radius 3 is 2.52 bits per heavy atom. The third-order valence-electron chi connectivity index (χ3n) is 4.46. The molecule has 0 bridgehead atoms. The third kappa shape index (κ3) is 3.91. The Bertz CT molecular complexity index is 477. The lowest BCUT2D eigenvalue weighted by Crippen LogP contribution is -2.47. The Hall–Kier alpha value is -0.770. The fraction of sp³-hybridized carbons (Fsp3) is 0.647. The van der Waals surface area contributed by atoms with E-state index in [2.05, 4.69) is 41.1 Å². The van der Waals surface area contributed by atoms with Crippen molar-refractivity contribution in [3.8, 4) is 0 Å². The summed E-state index contributed by atoms with van der Waals surface area (Å²) in [5.74, 6) is 0. The molecule has 0 aromatic heterocycles. The standard InChI is InChI=1S/C17H26ClN3/c1-13(2)19-12-14-11-15(18)3-6-17(14)21-9-7-20(8-10-21)16-4-5-16/h3,6,11,13,16,19H,4-5,7-10,12H2,1-2H3. The minimum Gasteiger partial charge on any atom is -0.369 e. The van der Waals surface area contributed by atoms with Gasteiger partial charge in [0.15, 0.2) is 0 Å². The zero-order valence-electron chi connectivity index (χ0n) is 13.1. The van der Waals surface area contributed by atoms with Gasteiger partial charge in [-0.1, -0.05) is 25.4 Å². The van der Waals surface area contributed by atoms with Crippen molar-refractivity contribution in [1.82, 2.24) is 10.2 Å². The first kappa shape index (κ1) is 15.1. The van der Waals surface area contributed by atoms with Gasteiger partial charge in [0.1, 0.15) is 0 Å². The maximum Gasteiger partial charge on any atom is 0.0413 e. The summed E-state index contributed by atoms with van der Waals surface area (Å²) < 4.78 is 0. The lowest BCUT2D eigenvalue weighted by molar-refractivity contribution is 0.248. The summed E-state index contributed by atoms with van der Waals surface area (Å²) in [5, 5.41) is 4.34. The van der Waals surface area contributed by atoms with Gasteiger partial charge in [0, 0.05) is 55.5 Å². The summed E-state index contributed by atoms with van der Waals surface area (Å²) >= 11 is 6.19. The smallest absolute Gasteiger partial charge is 0.0413 e. The van der Waals surface area contributed by atoms with Gasteiger partial charge in [0.2, 0.25) is 0 Å². The molecule has 0 atom stereocenters. The predicted octanol–water partition coefficient (Wildman–Crippen LogP) is 3.12. The molecule has 116 valence electrons. The van der Waals surface area contributed by atoms with Gasteiger partial charge in [0.25, 0.3) is 0 Å². The van der Waals surface area contributed by atoms with E-state index in [1.54, 1.807) is 0 Å². The number of halogens is 1. The molecule has 3 nitrogen and oxygen atoms in total. The average Bonchev–Trinajstić information content (AvgIpc) is 3.30.